The molecule has 1 aromatic heterocycles. The maximum atomic E-state index is 12.5. The van der Waals surface area contributed by atoms with Gasteiger partial charge in [-0.1, -0.05) is 0 Å². The van der Waals surface area contributed by atoms with Crippen LogP contribution in [0.5, 0.6) is 23.0 Å². The molecule has 22 heavy (non-hydrogen) atoms. The summed E-state index contributed by atoms with van der Waals surface area (Å²) in [5.74, 6) is -3.18. The molecule has 0 spiro atoms. The van der Waals surface area contributed by atoms with E-state index in [2.05, 4.69) is 0 Å². The molecule has 3 aromatic rings. The molecule has 0 saturated carbocycles. The van der Waals surface area contributed by atoms with E-state index in [4.69, 9.17) is 4.42 Å². The molecule has 112 valence electrons. The Bertz CT molecular complexity index is 946. The Morgan fingerprint density at radius 2 is 1.45 bits per heavy atom. The van der Waals surface area contributed by atoms with Crippen molar-refractivity contribution in [1.82, 2.24) is 0 Å². The Kier molecular flexibility index (Phi) is 3.25. The van der Waals surface area contributed by atoms with E-state index in [0.717, 1.165) is 0 Å². The van der Waals surface area contributed by atoms with Crippen LogP contribution in [0.25, 0.3) is 22.3 Å². The molecule has 0 atom stereocenters. The zero-order valence-electron chi connectivity index (χ0n) is 11.5. The number of aromatic hydroxyl groups is 4. The van der Waals surface area contributed by atoms with Crippen LogP contribution in [0.1, 0.15) is 0 Å². The fourth-order valence-electron chi connectivity index (χ4n) is 2.32. The van der Waals surface area contributed by atoms with Gasteiger partial charge >= 0.3 is 132 Å². The van der Waals surface area contributed by atoms with Gasteiger partial charge in [-0.25, -0.2) is 0 Å². The molecule has 4 N–H and O–H groups in total. The van der Waals surface area contributed by atoms with Crippen LogP contribution in [-0.2, 0) is 0 Å². The first kappa shape index (κ1) is 14.3. The van der Waals surface area contributed by atoms with Gasteiger partial charge < -0.3 is 0 Å². The first-order chi connectivity index (χ1) is 10.4. The second kappa shape index (κ2) is 4.99. The average Bonchev–Trinajstić information content (AvgIpc) is 2.54. The fourth-order valence-corrected chi connectivity index (χ4v) is 3.66. The van der Waals surface area contributed by atoms with Gasteiger partial charge in [0, 0.05) is 0 Å². The Morgan fingerprint density at radius 3 is 2.09 bits per heavy atom. The molecule has 0 aliphatic heterocycles. The summed E-state index contributed by atoms with van der Waals surface area (Å²) in [4.78, 5) is 12.5. The van der Waals surface area contributed by atoms with Crippen LogP contribution in [0, 0.1) is 0 Å². The van der Waals surface area contributed by atoms with Crippen molar-refractivity contribution in [3.8, 4) is 34.3 Å². The molecule has 6 nitrogen and oxygen atoms in total. The van der Waals surface area contributed by atoms with E-state index in [1.54, 1.807) is 24.3 Å². The predicted molar refractivity (Wildman–Crippen MR) is 84.2 cm³/mol. The van der Waals surface area contributed by atoms with Crippen molar-refractivity contribution in [2.75, 3.05) is 0 Å². The molecule has 7 heteroatoms. The normalized spacial score (nSPS) is 11.1. The summed E-state index contributed by atoms with van der Waals surface area (Å²) in [6, 6.07) is 8.86. The summed E-state index contributed by atoms with van der Waals surface area (Å²) in [6.45, 7) is 0. The van der Waals surface area contributed by atoms with Gasteiger partial charge in [0.2, 0.25) is 0 Å². The van der Waals surface area contributed by atoms with Crippen LogP contribution in [0.2, 0.25) is 0 Å². The van der Waals surface area contributed by atoms with Crippen LogP contribution in [0.15, 0.2) is 39.5 Å². The molecule has 0 aliphatic carbocycles. The first-order valence-electron chi connectivity index (χ1n) is 6.42. The van der Waals surface area contributed by atoms with E-state index in [-0.39, 0.29) is 33.2 Å². The number of rotatable bonds is 1. The monoisotopic (exact) mass is 362 g/mol. The summed E-state index contributed by atoms with van der Waals surface area (Å²) in [6.07, 6.45) is 0. The summed E-state index contributed by atoms with van der Waals surface area (Å²) in [5.41, 5.74) is -0.232. The molecule has 0 amide bonds. The zero-order chi connectivity index (χ0) is 16.0. The standard InChI is InChI=1S/C15H12GeO6/c16-8-9(17)7-10(18)11(19)12(20)13(21)15(7)22-14(8)6-4-2-1-3-5-6/h1-5,18-21H,16H3. The quantitative estimate of drug-likeness (QED) is 0.282. The molecule has 1 heterocycles. The van der Waals surface area contributed by atoms with E-state index < -0.39 is 28.4 Å². The number of hydrogen-bond acceptors (Lipinski definition) is 6. The average molecular weight is 361 g/mol. The summed E-state index contributed by atoms with van der Waals surface area (Å²) >= 11 is -0.0808. The van der Waals surface area contributed by atoms with Crippen LogP contribution in [-0.4, -0.2) is 36.9 Å². The van der Waals surface area contributed by atoms with E-state index >= 15 is 0 Å². The van der Waals surface area contributed by atoms with Gasteiger partial charge in [-0.3, -0.25) is 0 Å². The van der Waals surface area contributed by atoms with E-state index in [1.807, 2.05) is 6.07 Å². The van der Waals surface area contributed by atoms with Gasteiger partial charge in [0.1, 0.15) is 0 Å². The minimum absolute atomic E-state index is 0.0808. The first-order valence-corrected chi connectivity index (χ1v) is 8.52. The number of hydrogen-bond donors (Lipinski definition) is 4. The Hall–Kier alpha value is -2.61. The van der Waals surface area contributed by atoms with Crippen molar-refractivity contribution in [2.24, 2.45) is 0 Å². The molecular weight excluding hydrogens is 349 g/mol. The maximum absolute atomic E-state index is 12.5. The van der Waals surface area contributed by atoms with E-state index in [1.165, 1.54) is 0 Å². The molecule has 0 aliphatic rings. The third-order valence-corrected chi connectivity index (χ3v) is 5.41. The molecule has 0 bridgehead atoms. The minimum atomic E-state index is -0.948. The second-order valence-electron chi connectivity index (χ2n) is 4.85. The van der Waals surface area contributed by atoms with Crippen LogP contribution in [0.4, 0.5) is 0 Å². The number of phenols is 4. The van der Waals surface area contributed by atoms with E-state index in [9.17, 15) is 25.2 Å². The van der Waals surface area contributed by atoms with Crippen molar-refractivity contribution >= 4 is 31.9 Å². The van der Waals surface area contributed by atoms with Crippen molar-refractivity contribution < 1.29 is 24.8 Å². The third-order valence-electron chi connectivity index (χ3n) is 3.50. The summed E-state index contributed by atoms with van der Waals surface area (Å²) in [7, 11) is 0. The van der Waals surface area contributed by atoms with Crippen LogP contribution >= 0.6 is 0 Å². The molecule has 0 unspecified atom stereocenters. The number of benzene rings is 2. The zero-order valence-corrected chi connectivity index (χ0v) is 15.7. The number of phenolic OH excluding ortho intramolecular Hbond substituents is 4. The van der Waals surface area contributed by atoms with Crippen LogP contribution in [0.3, 0.4) is 0 Å². The Balaban J connectivity index is 2.51. The molecule has 0 saturated heterocycles. The summed E-state index contributed by atoms with van der Waals surface area (Å²) in [5, 5.41) is 38.6. The summed E-state index contributed by atoms with van der Waals surface area (Å²) < 4.78 is 5.97. The van der Waals surface area contributed by atoms with Gasteiger partial charge in [0.05, 0.1) is 0 Å². The Labute approximate surface area is 132 Å². The Morgan fingerprint density at radius 1 is 0.864 bits per heavy atom. The predicted octanol–water partition coefficient (Wildman–Crippen LogP) is 0.273. The topological polar surface area (TPSA) is 111 Å². The SMILES string of the molecule is O=c1[c]([GeH3])c(-c2ccccc2)oc2c(O)c(O)c(O)c(O)c12. The van der Waals surface area contributed by atoms with Gasteiger partial charge in [-0.15, -0.1) is 0 Å². The third kappa shape index (κ3) is 1.92. The van der Waals surface area contributed by atoms with Gasteiger partial charge in [-0.05, 0) is 0 Å². The van der Waals surface area contributed by atoms with Gasteiger partial charge in [-0.2, -0.15) is 0 Å². The van der Waals surface area contributed by atoms with Crippen molar-refractivity contribution in [2.45, 2.75) is 0 Å². The van der Waals surface area contributed by atoms with Gasteiger partial charge in [0.15, 0.2) is 0 Å². The van der Waals surface area contributed by atoms with E-state index in [0.29, 0.717) is 9.96 Å². The molecule has 0 fully saturated rings. The van der Waals surface area contributed by atoms with Gasteiger partial charge in [0.25, 0.3) is 0 Å². The molecule has 0 radical (unpaired) electrons. The van der Waals surface area contributed by atoms with Crippen molar-refractivity contribution in [3.05, 3.63) is 40.6 Å². The second-order valence-corrected chi connectivity index (χ2v) is 6.95. The fraction of sp³-hybridized carbons (Fsp3) is 0. The molecule has 3 rings (SSSR count). The van der Waals surface area contributed by atoms with Crippen molar-refractivity contribution in [3.63, 3.8) is 0 Å². The number of fused-ring (bicyclic) bond motifs is 1. The molecular formula is C15H12GeO6. The van der Waals surface area contributed by atoms with Crippen LogP contribution < -0.4 is 9.82 Å². The molecule has 2 aromatic carbocycles. The van der Waals surface area contributed by atoms with Crippen molar-refractivity contribution in [1.29, 1.82) is 0 Å².